The Morgan fingerprint density at radius 1 is 1.19 bits per heavy atom. The van der Waals surface area contributed by atoms with Gasteiger partial charge in [0.05, 0.1) is 11.3 Å². The molecule has 0 bridgehead atoms. The molecule has 1 amide bonds. The van der Waals surface area contributed by atoms with Crippen molar-refractivity contribution in [3.8, 4) is 0 Å². The zero-order valence-corrected chi connectivity index (χ0v) is 10.9. The molecule has 94 valence electrons. The molecule has 0 radical (unpaired) electrons. The van der Waals surface area contributed by atoms with Gasteiger partial charge in [0.25, 0.3) is 0 Å². The van der Waals surface area contributed by atoms with Crippen LogP contribution in [0.1, 0.15) is 33.6 Å². The first-order valence-corrected chi connectivity index (χ1v) is 7.19. The van der Waals surface area contributed by atoms with Crippen molar-refractivity contribution in [1.29, 1.82) is 0 Å². The largest absolute Gasteiger partial charge is 0.341 e. The first-order valence-electron chi connectivity index (χ1n) is 5.64. The SMILES string of the molecule is CC(NS(=O)(=O)C(C)C)C(=O)N1CCCC1. The molecule has 0 aromatic rings. The van der Waals surface area contributed by atoms with Gasteiger partial charge in [0.1, 0.15) is 0 Å². The molecule has 0 aromatic heterocycles. The van der Waals surface area contributed by atoms with Gasteiger partial charge >= 0.3 is 0 Å². The van der Waals surface area contributed by atoms with E-state index < -0.39 is 21.3 Å². The quantitative estimate of drug-likeness (QED) is 0.779. The first kappa shape index (κ1) is 13.4. The van der Waals surface area contributed by atoms with E-state index in [-0.39, 0.29) is 5.91 Å². The molecule has 0 spiro atoms. The Hall–Kier alpha value is -0.620. The average Bonchev–Trinajstić information content (AvgIpc) is 2.68. The van der Waals surface area contributed by atoms with Crippen molar-refractivity contribution in [1.82, 2.24) is 9.62 Å². The molecular weight excluding hydrogens is 228 g/mol. The highest BCUT2D eigenvalue weighted by Crippen LogP contribution is 2.09. The van der Waals surface area contributed by atoms with Crippen LogP contribution in [-0.2, 0) is 14.8 Å². The smallest absolute Gasteiger partial charge is 0.240 e. The van der Waals surface area contributed by atoms with E-state index in [0.29, 0.717) is 0 Å². The Labute approximate surface area is 97.2 Å². The summed E-state index contributed by atoms with van der Waals surface area (Å²) < 4.78 is 25.6. The van der Waals surface area contributed by atoms with Crippen LogP contribution in [0.4, 0.5) is 0 Å². The summed E-state index contributed by atoms with van der Waals surface area (Å²) in [6.45, 7) is 6.27. The third kappa shape index (κ3) is 3.18. The van der Waals surface area contributed by atoms with Crippen molar-refractivity contribution < 1.29 is 13.2 Å². The van der Waals surface area contributed by atoms with Gasteiger partial charge in [-0.25, -0.2) is 13.1 Å². The van der Waals surface area contributed by atoms with Gasteiger partial charge in [-0.15, -0.1) is 0 Å². The van der Waals surface area contributed by atoms with Crippen LogP contribution in [0.15, 0.2) is 0 Å². The molecule has 1 aliphatic rings. The highest BCUT2D eigenvalue weighted by atomic mass is 32.2. The van der Waals surface area contributed by atoms with Crippen molar-refractivity contribution in [3.05, 3.63) is 0 Å². The van der Waals surface area contributed by atoms with Crippen molar-refractivity contribution in [2.24, 2.45) is 0 Å². The molecule has 1 atom stereocenters. The fourth-order valence-electron chi connectivity index (χ4n) is 1.64. The van der Waals surface area contributed by atoms with Gasteiger partial charge < -0.3 is 4.90 Å². The molecule has 1 rings (SSSR count). The Bertz CT molecular complexity index is 345. The highest BCUT2D eigenvalue weighted by molar-refractivity contribution is 7.90. The lowest BCUT2D eigenvalue weighted by Gasteiger charge is -2.21. The lowest BCUT2D eigenvalue weighted by Crippen LogP contribution is -2.47. The van der Waals surface area contributed by atoms with Crippen molar-refractivity contribution in [2.75, 3.05) is 13.1 Å². The number of likely N-dealkylation sites (tertiary alicyclic amines) is 1. The normalized spacial score (nSPS) is 19.1. The lowest BCUT2D eigenvalue weighted by atomic mass is 10.3. The third-order valence-corrected chi connectivity index (χ3v) is 4.67. The number of carbonyl (C=O) groups is 1. The molecule has 1 N–H and O–H groups in total. The summed E-state index contributed by atoms with van der Waals surface area (Å²) in [6, 6.07) is -0.662. The maximum absolute atomic E-state index is 11.8. The second kappa shape index (κ2) is 5.14. The molecule has 1 aliphatic heterocycles. The number of hydrogen-bond donors (Lipinski definition) is 1. The topological polar surface area (TPSA) is 66.5 Å². The Morgan fingerprint density at radius 3 is 2.12 bits per heavy atom. The van der Waals surface area contributed by atoms with E-state index >= 15 is 0 Å². The van der Waals surface area contributed by atoms with Crippen LogP contribution in [0.25, 0.3) is 0 Å². The Morgan fingerprint density at radius 2 is 1.69 bits per heavy atom. The van der Waals surface area contributed by atoms with Crippen molar-refractivity contribution >= 4 is 15.9 Å². The van der Waals surface area contributed by atoms with Crippen LogP contribution >= 0.6 is 0 Å². The van der Waals surface area contributed by atoms with Crippen LogP contribution in [-0.4, -0.2) is 43.6 Å². The fraction of sp³-hybridized carbons (Fsp3) is 0.900. The molecule has 0 aromatic carbocycles. The Kier molecular flexibility index (Phi) is 4.32. The Balaban J connectivity index is 2.58. The van der Waals surface area contributed by atoms with Crippen molar-refractivity contribution in [2.45, 2.75) is 44.9 Å². The maximum Gasteiger partial charge on any atom is 0.240 e. The van der Waals surface area contributed by atoms with E-state index in [2.05, 4.69) is 4.72 Å². The van der Waals surface area contributed by atoms with Gasteiger partial charge in [-0.1, -0.05) is 0 Å². The molecule has 0 aliphatic carbocycles. The van der Waals surface area contributed by atoms with E-state index in [0.717, 1.165) is 25.9 Å². The third-order valence-electron chi connectivity index (χ3n) is 2.75. The molecule has 1 saturated heterocycles. The van der Waals surface area contributed by atoms with Gasteiger partial charge in [-0.2, -0.15) is 0 Å². The molecular formula is C10H20N2O3S. The predicted molar refractivity (Wildman–Crippen MR) is 62.5 cm³/mol. The number of nitrogens with zero attached hydrogens (tertiary/aromatic N) is 1. The summed E-state index contributed by atoms with van der Waals surface area (Å²) in [4.78, 5) is 13.6. The molecule has 1 fully saturated rings. The molecule has 16 heavy (non-hydrogen) atoms. The summed E-state index contributed by atoms with van der Waals surface area (Å²) in [5.41, 5.74) is 0. The van der Waals surface area contributed by atoms with Gasteiger partial charge in [-0.05, 0) is 33.6 Å². The minimum Gasteiger partial charge on any atom is -0.341 e. The molecule has 0 saturated carbocycles. The zero-order valence-electron chi connectivity index (χ0n) is 10.1. The number of hydrogen-bond acceptors (Lipinski definition) is 3. The van der Waals surface area contributed by atoms with Gasteiger partial charge in [0.2, 0.25) is 15.9 Å². The van der Waals surface area contributed by atoms with Crippen LogP contribution in [0.2, 0.25) is 0 Å². The van der Waals surface area contributed by atoms with Crippen molar-refractivity contribution in [3.63, 3.8) is 0 Å². The predicted octanol–water partition coefficient (Wildman–Crippen LogP) is 0.325. The molecule has 6 heteroatoms. The maximum atomic E-state index is 11.8. The number of nitrogens with one attached hydrogen (secondary N) is 1. The summed E-state index contributed by atoms with van der Waals surface area (Å²) in [5.74, 6) is -0.123. The average molecular weight is 248 g/mol. The van der Waals surface area contributed by atoms with Crippen LogP contribution in [0.3, 0.4) is 0 Å². The number of amides is 1. The monoisotopic (exact) mass is 248 g/mol. The summed E-state index contributed by atoms with van der Waals surface area (Å²) >= 11 is 0. The van der Waals surface area contributed by atoms with E-state index in [1.54, 1.807) is 25.7 Å². The van der Waals surface area contributed by atoms with Crippen LogP contribution in [0, 0.1) is 0 Å². The number of rotatable bonds is 4. The van der Waals surface area contributed by atoms with Crippen LogP contribution < -0.4 is 4.72 Å². The zero-order chi connectivity index (χ0) is 12.3. The molecule has 1 heterocycles. The van der Waals surface area contributed by atoms with Gasteiger partial charge in [0, 0.05) is 13.1 Å². The lowest BCUT2D eigenvalue weighted by molar-refractivity contribution is -0.131. The number of carbonyl (C=O) groups excluding carboxylic acids is 1. The summed E-state index contributed by atoms with van der Waals surface area (Å²) in [7, 11) is -3.37. The highest BCUT2D eigenvalue weighted by Gasteiger charge is 2.27. The van der Waals surface area contributed by atoms with Crippen LogP contribution in [0.5, 0.6) is 0 Å². The standard InChI is InChI=1S/C10H20N2O3S/c1-8(2)16(14,15)11-9(3)10(13)12-6-4-5-7-12/h8-9,11H,4-7H2,1-3H3. The van der Waals surface area contributed by atoms with E-state index in [1.165, 1.54) is 0 Å². The minimum absolute atomic E-state index is 0.123. The molecule has 1 unspecified atom stereocenters. The summed E-state index contributed by atoms with van der Waals surface area (Å²) in [5, 5.41) is -0.513. The first-order chi connectivity index (χ1) is 7.34. The van der Waals surface area contributed by atoms with E-state index in [4.69, 9.17) is 0 Å². The van der Waals surface area contributed by atoms with E-state index in [1.807, 2.05) is 0 Å². The van der Waals surface area contributed by atoms with Gasteiger partial charge in [0.15, 0.2) is 0 Å². The second-order valence-corrected chi connectivity index (χ2v) is 6.73. The molecule has 5 nitrogen and oxygen atoms in total. The van der Waals surface area contributed by atoms with E-state index in [9.17, 15) is 13.2 Å². The number of sulfonamides is 1. The fourth-order valence-corrected chi connectivity index (χ4v) is 2.51. The minimum atomic E-state index is -3.37. The van der Waals surface area contributed by atoms with Gasteiger partial charge in [-0.3, -0.25) is 4.79 Å². The second-order valence-electron chi connectivity index (χ2n) is 4.47. The summed E-state index contributed by atoms with van der Waals surface area (Å²) in [6.07, 6.45) is 2.02.